The summed E-state index contributed by atoms with van der Waals surface area (Å²) in [6.45, 7) is 4.09. The summed E-state index contributed by atoms with van der Waals surface area (Å²) in [5.41, 5.74) is 0. The third-order valence-corrected chi connectivity index (χ3v) is 5.00. The molecule has 0 aromatic heterocycles. The van der Waals surface area contributed by atoms with Gasteiger partial charge >= 0.3 is 0 Å². The molecule has 1 saturated heterocycles. The van der Waals surface area contributed by atoms with E-state index in [1.165, 1.54) is 0 Å². The van der Waals surface area contributed by atoms with Crippen LogP contribution in [0.3, 0.4) is 0 Å². The zero-order valence-electron chi connectivity index (χ0n) is 8.27. The second-order valence-corrected chi connectivity index (χ2v) is 6.17. The summed E-state index contributed by atoms with van der Waals surface area (Å²) < 4.78 is 25.2. The number of halogens is 1. The molecule has 0 aromatic carbocycles. The minimum absolute atomic E-state index is 0. The molecule has 4 nitrogen and oxygen atoms in total. The van der Waals surface area contributed by atoms with Gasteiger partial charge in [-0.25, -0.2) is 8.42 Å². The van der Waals surface area contributed by atoms with Gasteiger partial charge in [-0.15, -0.1) is 12.4 Å². The number of nitrogens with zero attached hydrogens (tertiary/aromatic N) is 1. The Morgan fingerprint density at radius 2 is 2.00 bits per heavy atom. The minimum atomic E-state index is -2.93. The number of rotatable bonds is 2. The summed E-state index contributed by atoms with van der Waals surface area (Å²) >= 11 is 0. The summed E-state index contributed by atoms with van der Waals surface area (Å²) in [7, 11) is -2.93. The first-order valence-electron chi connectivity index (χ1n) is 4.83. The Hall–Kier alpha value is 0.160. The highest BCUT2D eigenvalue weighted by Gasteiger charge is 2.40. The van der Waals surface area contributed by atoms with Crippen LogP contribution in [0.15, 0.2) is 0 Å². The lowest BCUT2D eigenvalue weighted by Crippen LogP contribution is -2.52. The topological polar surface area (TPSA) is 49.4 Å². The summed E-state index contributed by atoms with van der Waals surface area (Å²) in [6.07, 6.45) is 1.72. The van der Waals surface area contributed by atoms with Gasteiger partial charge in [-0.05, 0) is 19.8 Å². The largest absolute Gasteiger partial charge is 0.312 e. The van der Waals surface area contributed by atoms with Gasteiger partial charge in [-0.2, -0.15) is 4.31 Å². The van der Waals surface area contributed by atoms with Gasteiger partial charge in [0, 0.05) is 25.7 Å². The average Bonchev–Trinajstić information content (AvgIpc) is 2.86. The molecule has 0 spiro atoms. The Morgan fingerprint density at radius 1 is 1.36 bits per heavy atom. The second-order valence-electron chi connectivity index (χ2n) is 3.96. The van der Waals surface area contributed by atoms with Crippen molar-refractivity contribution < 1.29 is 8.42 Å². The zero-order chi connectivity index (χ0) is 9.47. The lowest BCUT2D eigenvalue weighted by molar-refractivity contribution is 0.310. The number of nitrogens with one attached hydrogen (secondary N) is 1. The van der Waals surface area contributed by atoms with Gasteiger partial charge in [0.2, 0.25) is 10.0 Å². The first-order valence-corrected chi connectivity index (χ1v) is 6.33. The van der Waals surface area contributed by atoms with Crippen molar-refractivity contribution in [3.8, 4) is 0 Å². The van der Waals surface area contributed by atoms with Crippen LogP contribution in [0.1, 0.15) is 19.8 Å². The molecule has 1 atom stereocenters. The molecule has 1 heterocycles. The van der Waals surface area contributed by atoms with Crippen LogP contribution in [-0.2, 0) is 10.0 Å². The maximum absolute atomic E-state index is 11.8. The smallest absolute Gasteiger partial charge is 0.217 e. The van der Waals surface area contributed by atoms with E-state index in [9.17, 15) is 8.42 Å². The SMILES string of the molecule is CC1CN(S(=O)(=O)C2CC2)CCN1.Cl. The minimum Gasteiger partial charge on any atom is -0.312 e. The predicted molar refractivity (Wildman–Crippen MR) is 58.2 cm³/mol. The maximum atomic E-state index is 11.8. The van der Waals surface area contributed by atoms with Crippen molar-refractivity contribution in [1.82, 2.24) is 9.62 Å². The van der Waals surface area contributed by atoms with Gasteiger partial charge < -0.3 is 5.32 Å². The molecule has 1 N–H and O–H groups in total. The monoisotopic (exact) mass is 240 g/mol. The quantitative estimate of drug-likeness (QED) is 0.750. The van der Waals surface area contributed by atoms with Crippen molar-refractivity contribution in [2.75, 3.05) is 19.6 Å². The second kappa shape index (κ2) is 4.35. The fourth-order valence-corrected chi connectivity index (χ4v) is 3.64. The van der Waals surface area contributed by atoms with Crippen molar-refractivity contribution in [2.45, 2.75) is 31.1 Å². The van der Waals surface area contributed by atoms with E-state index in [1.54, 1.807) is 4.31 Å². The molecule has 14 heavy (non-hydrogen) atoms. The number of piperazine rings is 1. The van der Waals surface area contributed by atoms with Crippen molar-refractivity contribution in [3.05, 3.63) is 0 Å². The van der Waals surface area contributed by atoms with Crippen LogP contribution >= 0.6 is 12.4 Å². The fraction of sp³-hybridized carbons (Fsp3) is 1.00. The highest BCUT2D eigenvalue weighted by Crippen LogP contribution is 2.31. The van der Waals surface area contributed by atoms with Gasteiger partial charge in [-0.3, -0.25) is 0 Å². The molecule has 2 fully saturated rings. The van der Waals surface area contributed by atoms with Crippen molar-refractivity contribution in [1.29, 1.82) is 0 Å². The molecule has 1 saturated carbocycles. The Balaban J connectivity index is 0.000000980. The highest BCUT2D eigenvalue weighted by atomic mass is 35.5. The molecule has 0 bridgehead atoms. The van der Waals surface area contributed by atoms with Gasteiger partial charge in [0.05, 0.1) is 5.25 Å². The van der Waals surface area contributed by atoms with Crippen LogP contribution in [0.4, 0.5) is 0 Å². The van der Waals surface area contributed by atoms with E-state index in [1.807, 2.05) is 6.92 Å². The molecule has 84 valence electrons. The Bertz CT molecular complexity index is 290. The first-order chi connectivity index (χ1) is 6.10. The molecule has 0 radical (unpaired) electrons. The van der Waals surface area contributed by atoms with E-state index in [2.05, 4.69) is 5.32 Å². The number of sulfonamides is 1. The zero-order valence-corrected chi connectivity index (χ0v) is 9.90. The summed E-state index contributed by atoms with van der Waals surface area (Å²) in [5.74, 6) is 0. The summed E-state index contributed by atoms with van der Waals surface area (Å²) in [5, 5.41) is 3.18. The van der Waals surface area contributed by atoms with Gasteiger partial charge in [0.25, 0.3) is 0 Å². The van der Waals surface area contributed by atoms with Gasteiger partial charge in [0.15, 0.2) is 0 Å². The van der Waals surface area contributed by atoms with Crippen molar-refractivity contribution in [2.24, 2.45) is 0 Å². The summed E-state index contributed by atoms with van der Waals surface area (Å²) in [4.78, 5) is 0. The first kappa shape index (κ1) is 12.2. The molecular weight excluding hydrogens is 224 g/mol. The molecule has 1 aliphatic heterocycles. The third-order valence-electron chi connectivity index (χ3n) is 2.64. The molecular formula is C8H17ClN2O2S. The Labute approximate surface area is 91.5 Å². The van der Waals surface area contributed by atoms with E-state index in [0.29, 0.717) is 19.1 Å². The standard InChI is InChI=1S/C8H16N2O2S.ClH/c1-7-6-10(5-4-9-7)13(11,12)8-2-3-8;/h7-9H,2-6H2,1H3;1H. The van der Waals surface area contributed by atoms with E-state index < -0.39 is 10.0 Å². The van der Waals surface area contributed by atoms with Crippen LogP contribution < -0.4 is 5.32 Å². The Kier molecular flexibility index (Phi) is 3.80. The number of hydrogen-bond acceptors (Lipinski definition) is 3. The van der Waals surface area contributed by atoms with Crippen LogP contribution in [0.5, 0.6) is 0 Å². The normalized spacial score (nSPS) is 29.6. The molecule has 2 rings (SSSR count). The number of hydrogen-bond donors (Lipinski definition) is 1. The highest BCUT2D eigenvalue weighted by molar-refractivity contribution is 7.90. The van der Waals surface area contributed by atoms with Crippen LogP contribution in [0.25, 0.3) is 0 Å². The molecule has 0 amide bonds. The molecule has 0 aromatic rings. The molecule has 1 aliphatic carbocycles. The van der Waals surface area contributed by atoms with E-state index in [-0.39, 0.29) is 17.7 Å². The van der Waals surface area contributed by atoms with E-state index >= 15 is 0 Å². The van der Waals surface area contributed by atoms with E-state index in [4.69, 9.17) is 0 Å². The van der Waals surface area contributed by atoms with Gasteiger partial charge in [-0.1, -0.05) is 0 Å². The molecule has 6 heteroatoms. The lowest BCUT2D eigenvalue weighted by Gasteiger charge is -2.30. The maximum Gasteiger partial charge on any atom is 0.217 e. The third kappa shape index (κ3) is 2.39. The van der Waals surface area contributed by atoms with Crippen LogP contribution in [-0.4, -0.2) is 43.6 Å². The average molecular weight is 241 g/mol. The summed E-state index contributed by atoms with van der Waals surface area (Å²) in [6, 6.07) is 0.294. The van der Waals surface area contributed by atoms with Crippen LogP contribution in [0, 0.1) is 0 Å². The molecule has 1 unspecified atom stereocenters. The Morgan fingerprint density at radius 3 is 2.50 bits per heavy atom. The van der Waals surface area contributed by atoms with Crippen molar-refractivity contribution in [3.63, 3.8) is 0 Å². The van der Waals surface area contributed by atoms with Crippen LogP contribution in [0.2, 0.25) is 0 Å². The molecule has 2 aliphatic rings. The van der Waals surface area contributed by atoms with Crippen molar-refractivity contribution >= 4 is 22.4 Å². The lowest BCUT2D eigenvalue weighted by atomic mass is 10.3. The predicted octanol–water partition coefficient (Wildman–Crippen LogP) is 0.194. The fourth-order valence-electron chi connectivity index (χ4n) is 1.70. The van der Waals surface area contributed by atoms with E-state index in [0.717, 1.165) is 19.4 Å². The van der Waals surface area contributed by atoms with Gasteiger partial charge in [0.1, 0.15) is 0 Å².